The lowest BCUT2D eigenvalue weighted by molar-refractivity contribution is -0.134. The molecular formula is C30H40ClN7O5. The zero-order valence-corrected chi connectivity index (χ0v) is 25.0. The number of amides is 5. The van der Waals surface area contributed by atoms with Gasteiger partial charge in [-0.05, 0) is 43.5 Å². The molecule has 232 valence electrons. The molecule has 0 aliphatic heterocycles. The van der Waals surface area contributed by atoms with Crippen LogP contribution in [0, 0.1) is 0 Å². The number of carbonyl (C=O) groups excluding carboxylic acids is 5. The largest absolute Gasteiger partial charge is 0.370 e. The number of primary amides is 1. The van der Waals surface area contributed by atoms with E-state index in [1.165, 1.54) is 6.92 Å². The summed E-state index contributed by atoms with van der Waals surface area (Å²) in [6.45, 7) is 3.41. The highest BCUT2D eigenvalue weighted by atomic mass is 35.5. The fourth-order valence-corrected chi connectivity index (χ4v) is 4.42. The summed E-state index contributed by atoms with van der Waals surface area (Å²) in [6, 6.07) is 12.0. The van der Waals surface area contributed by atoms with Gasteiger partial charge >= 0.3 is 0 Å². The van der Waals surface area contributed by atoms with E-state index in [1.54, 1.807) is 36.5 Å². The number of hydrogen-bond donors (Lipinski definition) is 7. The van der Waals surface area contributed by atoms with E-state index in [0.717, 1.165) is 22.9 Å². The fourth-order valence-electron chi connectivity index (χ4n) is 4.42. The molecule has 2 aromatic carbocycles. The standard InChI is InChI=1S/C30H39N7O5.ClH/c1-3-4-13-24(36-28(40)22(31)15-19-17-33-23-14-9-8-12-21(19)23)29(41)37-25(16-26(32)38)30(42)34-18(2)27(39)35-20-10-6-5-7-11-20;/h5-12,14,17-18,22,24-25,33H,3-4,13,15-16,31H2,1-2H3,(H2,32,38)(H,34,42)(H,35,39)(H,36,40)(H,37,41);1H/t18-,22-,24-,25-;/m0./s1. The van der Waals surface area contributed by atoms with Gasteiger partial charge in [0.05, 0.1) is 12.5 Å². The van der Waals surface area contributed by atoms with E-state index in [4.69, 9.17) is 11.5 Å². The summed E-state index contributed by atoms with van der Waals surface area (Å²) < 4.78 is 0. The molecule has 1 aromatic heterocycles. The predicted octanol–water partition coefficient (Wildman–Crippen LogP) is 1.64. The number of nitrogens with one attached hydrogen (secondary N) is 5. The van der Waals surface area contributed by atoms with Crippen molar-refractivity contribution in [3.8, 4) is 0 Å². The molecular weight excluding hydrogens is 574 g/mol. The summed E-state index contributed by atoms with van der Waals surface area (Å²) in [4.78, 5) is 66.7. The number of halogens is 1. The van der Waals surface area contributed by atoms with Gasteiger partial charge in [-0.15, -0.1) is 12.4 Å². The molecule has 3 aromatic rings. The highest BCUT2D eigenvalue weighted by molar-refractivity contribution is 5.99. The molecule has 3 rings (SSSR count). The number of unbranched alkanes of at least 4 members (excludes halogenated alkanes) is 1. The monoisotopic (exact) mass is 613 g/mol. The van der Waals surface area contributed by atoms with Gasteiger partial charge in [0.1, 0.15) is 18.1 Å². The van der Waals surface area contributed by atoms with Crippen LogP contribution in [0.1, 0.15) is 45.1 Å². The van der Waals surface area contributed by atoms with Crippen molar-refractivity contribution in [2.75, 3.05) is 5.32 Å². The molecule has 12 nitrogen and oxygen atoms in total. The molecule has 4 atom stereocenters. The average molecular weight is 614 g/mol. The van der Waals surface area contributed by atoms with Crippen molar-refractivity contribution in [2.45, 2.75) is 70.1 Å². The van der Waals surface area contributed by atoms with Gasteiger partial charge in [-0.25, -0.2) is 0 Å². The van der Waals surface area contributed by atoms with E-state index in [2.05, 4.69) is 26.3 Å². The Morgan fingerprint density at radius 3 is 2.14 bits per heavy atom. The molecule has 9 N–H and O–H groups in total. The summed E-state index contributed by atoms with van der Waals surface area (Å²) in [5, 5.41) is 11.4. The Morgan fingerprint density at radius 1 is 0.837 bits per heavy atom. The van der Waals surface area contributed by atoms with Crippen molar-refractivity contribution in [1.29, 1.82) is 0 Å². The minimum atomic E-state index is -1.36. The number of aromatic nitrogens is 1. The molecule has 5 amide bonds. The van der Waals surface area contributed by atoms with Crippen molar-refractivity contribution >= 4 is 58.5 Å². The van der Waals surface area contributed by atoms with Crippen molar-refractivity contribution < 1.29 is 24.0 Å². The third-order valence-electron chi connectivity index (χ3n) is 6.76. The lowest BCUT2D eigenvalue weighted by Gasteiger charge is -2.24. The normalized spacial score (nSPS) is 13.5. The number of anilines is 1. The lowest BCUT2D eigenvalue weighted by atomic mass is 10.0. The van der Waals surface area contributed by atoms with Gasteiger partial charge in [0.25, 0.3) is 0 Å². The third-order valence-corrected chi connectivity index (χ3v) is 6.76. The molecule has 1 heterocycles. The molecule has 0 saturated heterocycles. The molecule has 13 heteroatoms. The van der Waals surface area contributed by atoms with Crippen LogP contribution in [0.4, 0.5) is 5.69 Å². The molecule has 0 spiro atoms. The van der Waals surface area contributed by atoms with Gasteiger partial charge < -0.3 is 37.7 Å². The van der Waals surface area contributed by atoms with E-state index < -0.39 is 60.1 Å². The second-order valence-electron chi connectivity index (χ2n) is 10.2. The molecule has 0 radical (unpaired) electrons. The summed E-state index contributed by atoms with van der Waals surface area (Å²) in [7, 11) is 0. The topological polar surface area (TPSA) is 201 Å². The van der Waals surface area contributed by atoms with Crippen molar-refractivity contribution in [3.05, 3.63) is 66.4 Å². The Labute approximate surface area is 256 Å². The highest BCUT2D eigenvalue weighted by Crippen LogP contribution is 2.19. The average Bonchev–Trinajstić information content (AvgIpc) is 3.37. The number of nitrogens with two attached hydrogens (primary N) is 2. The van der Waals surface area contributed by atoms with Crippen LogP contribution in [0.15, 0.2) is 60.8 Å². The van der Waals surface area contributed by atoms with Crippen LogP contribution in [0.25, 0.3) is 10.9 Å². The van der Waals surface area contributed by atoms with Crippen LogP contribution >= 0.6 is 12.4 Å². The molecule has 0 aliphatic carbocycles. The Kier molecular flexibility index (Phi) is 13.7. The highest BCUT2D eigenvalue weighted by Gasteiger charge is 2.30. The van der Waals surface area contributed by atoms with Crippen LogP contribution in [0.2, 0.25) is 0 Å². The Morgan fingerprint density at radius 2 is 1.47 bits per heavy atom. The Hall–Kier alpha value is -4.42. The first kappa shape index (κ1) is 34.8. The third kappa shape index (κ3) is 10.4. The summed E-state index contributed by atoms with van der Waals surface area (Å²) >= 11 is 0. The SMILES string of the molecule is CCCC[C@H](NC(=O)[C@@H](N)Cc1c[nH]c2ccccc12)C(=O)N[C@@H](CC(N)=O)C(=O)N[C@@H](C)C(=O)Nc1ccccc1.Cl. The Balaban J connectivity index is 0.00000645. The quantitative estimate of drug-likeness (QED) is 0.136. The number of benzene rings is 2. The van der Waals surface area contributed by atoms with E-state index in [9.17, 15) is 24.0 Å². The van der Waals surface area contributed by atoms with Gasteiger partial charge in [0, 0.05) is 22.8 Å². The van der Waals surface area contributed by atoms with Crippen molar-refractivity contribution in [1.82, 2.24) is 20.9 Å². The van der Waals surface area contributed by atoms with Crippen LogP contribution in [0.3, 0.4) is 0 Å². The van der Waals surface area contributed by atoms with Gasteiger partial charge in [-0.2, -0.15) is 0 Å². The van der Waals surface area contributed by atoms with Gasteiger partial charge in [-0.3, -0.25) is 24.0 Å². The molecule has 0 fully saturated rings. The van der Waals surface area contributed by atoms with Crippen molar-refractivity contribution in [3.63, 3.8) is 0 Å². The number of carbonyl (C=O) groups is 5. The van der Waals surface area contributed by atoms with Crippen LogP contribution < -0.4 is 32.7 Å². The predicted molar refractivity (Wildman–Crippen MR) is 167 cm³/mol. The number of fused-ring (bicyclic) bond motifs is 1. The Bertz CT molecular complexity index is 1400. The smallest absolute Gasteiger partial charge is 0.246 e. The summed E-state index contributed by atoms with van der Waals surface area (Å²) in [5.74, 6) is -3.28. The number of para-hydroxylation sites is 2. The maximum Gasteiger partial charge on any atom is 0.246 e. The van der Waals surface area contributed by atoms with Crippen molar-refractivity contribution in [2.24, 2.45) is 11.5 Å². The minimum absolute atomic E-state index is 0. The molecule has 0 saturated carbocycles. The van der Waals surface area contributed by atoms with E-state index in [0.29, 0.717) is 12.1 Å². The first-order valence-electron chi connectivity index (χ1n) is 13.9. The van der Waals surface area contributed by atoms with Crippen LogP contribution in [-0.4, -0.2) is 58.7 Å². The van der Waals surface area contributed by atoms with Crippen LogP contribution in [-0.2, 0) is 30.4 Å². The summed E-state index contributed by atoms with van der Waals surface area (Å²) in [6.07, 6.45) is 3.19. The summed E-state index contributed by atoms with van der Waals surface area (Å²) in [5.41, 5.74) is 13.9. The molecule has 0 bridgehead atoms. The minimum Gasteiger partial charge on any atom is -0.370 e. The first-order chi connectivity index (χ1) is 20.1. The fraction of sp³-hybridized carbons (Fsp3) is 0.367. The molecule has 43 heavy (non-hydrogen) atoms. The number of H-pyrrole nitrogens is 1. The lowest BCUT2D eigenvalue weighted by Crippen LogP contribution is -2.57. The van der Waals surface area contributed by atoms with E-state index in [-0.39, 0.29) is 25.2 Å². The zero-order chi connectivity index (χ0) is 30.6. The second-order valence-corrected chi connectivity index (χ2v) is 10.2. The number of aromatic amines is 1. The van der Waals surface area contributed by atoms with Gasteiger partial charge in [0.2, 0.25) is 29.5 Å². The van der Waals surface area contributed by atoms with Gasteiger partial charge in [0.15, 0.2) is 0 Å². The second kappa shape index (κ2) is 16.9. The van der Waals surface area contributed by atoms with Gasteiger partial charge in [-0.1, -0.05) is 56.2 Å². The maximum atomic E-state index is 13.3. The molecule has 0 aliphatic rings. The van der Waals surface area contributed by atoms with E-state index >= 15 is 0 Å². The number of hydrogen-bond acceptors (Lipinski definition) is 6. The van der Waals surface area contributed by atoms with E-state index in [1.807, 2.05) is 31.2 Å². The molecule has 0 unspecified atom stereocenters. The zero-order valence-electron chi connectivity index (χ0n) is 24.2. The van der Waals surface area contributed by atoms with Crippen LogP contribution in [0.5, 0.6) is 0 Å². The number of rotatable bonds is 15. The maximum absolute atomic E-state index is 13.3. The first-order valence-corrected chi connectivity index (χ1v) is 13.9.